The molecule has 8 heteroatoms. The second kappa shape index (κ2) is 9.68. The van der Waals surface area contributed by atoms with Crippen LogP contribution in [0.2, 0.25) is 0 Å². The third-order valence-corrected chi connectivity index (χ3v) is 5.67. The molecule has 2 aromatic rings. The minimum Gasteiger partial charge on any atom is -0.495 e. The Morgan fingerprint density at radius 1 is 1.11 bits per heavy atom. The maximum Gasteiger partial charge on any atom is 0.253 e. The third-order valence-electron chi connectivity index (χ3n) is 4.19. The number of hydrogen-bond donors (Lipinski definition) is 1. The van der Waals surface area contributed by atoms with Gasteiger partial charge in [-0.3, -0.25) is 4.79 Å². The van der Waals surface area contributed by atoms with Crippen molar-refractivity contribution >= 4 is 15.9 Å². The van der Waals surface area contributed by atoms with Gasteiger partial charge in [-0.2, -0.15) is 0 Å². The number of hydrogen-bond acceptors (Lipinski definition) is 5. The molecule has 2 aromatic carbocycles. The third kappa shape index (κ3) is 5.54. The molecule has 0 spiro atoms. The maximum atomic E-state index is 12.8. The van der Waals surface area contributed by atoms with E-state index in [-0.39, 0.29) is 35.3 Å². The summed E-state index contributed by atoms with van der Waals surface area (Å²) in [5.74, 6) is -0.112. The fourth-order valence-corrected chi connectivity index (χ4v) is 3.84. The van der Waals surface area contributed by atoms with Crippen LogP contribution in [-0.2, 0) is 21.3 Å². The first-order valence-corrected chi connectivity index (χ1v) is 10.2. The summed E-state index contributed by atoms with van der Waals surface area (Å²) in [6.07, 6.45) is 0. The van der Waals surface area contributed by atoms with Gasteiger partial charge in [0.25, 0.3) is 5.91 Å². The molecule has 0 atom stereocenters. The van der Waals surface area contributed by atoms with Crippen LogP contribution in [0.5, 0.6) is 5.75 Å². The molecule has 0 aliphatic carbocycles. The van der Waals surface area contributed by atoms with Gasteiger partial charge in [-0.15, -0.1) is 0 Å². The van der Waals surface area contributed by atoms with Gasteiger partial charge in [0.15, 0.2) is 0 Å². The smallest absolute Gasteiger partial charge is 0.253 e. The lowest BCUT2D eigenvalue weighted by atomic mass is 10.1. The van der Waals surface area contributed by atoms with Crippen LogP contribution in [0.4, 0.5) is 0 Å². The molecule has 28 heavy (non-hydrogen) atoms. The molecule has 0 aliphatic heterocycles. The minimum absolute atomic E-state index is 0.0827. The van der Waals surface area contributed by atoms with Crippen molar-refractivity contribution in [2.24, 2.45) is 0 Å². The SMILES string of the molecule is COCCNS(=O)(=O)c1cc(C(=O)N(C)Cc2ccc(C)cc2)ccc1OC. The molecule has 0 heterocycles. The molecule has 0 saturated heterocycles. The van der Waals surface area contributed by atoms with E-state index in [0.717, 1.165) is 11.1 Å². The van der Waals surface area contributed by atoms with Gasteiger partial charge in [-0.25, -0.2) is 13.1 Å². The number of benzene rings is 2. The van der Waals surface area contributed by atoms with Crippen LogP contribution in [0.1, 0.15) is 21.5 Å². The summed E-state index contributed by atoms with van der Waals surface area (Å²) in [4.78, 5) is 14.3. The zero-order valence-electron chi connectivity index (χ0n) is 16.6. The lowest BCUT2D eigenvalue weighted by molar-refractivity contribution is 0.0785. The van der Waals surface area contributed by atoms with Crippen LogP contribution < -0.4 is 9.46 Å². The first-order chi connectivity index (χ1) is 13.3. The average Bonchev–Trinajstić information content (AvgIpc) is 2.68. The fourth-order valence-electron chi connectivity index (χ4n) is 2.64. The highest BCUT2D eigenvalue weighted by atomic mass is 32.2. The van der Waals surface area contributed by atoms with Crippen molar-refractivity contribution in [2.45, 2.75) is 18.4 Å². The molecule has 0 aliphatic rings. The van der Waals surface area contributed by atoms with E-state index >= 15 is 0 Å². The Morgan fingerprint density at radius 2 is 1.79 bits per heavy atom. The summed E-state index contributed by atoms with van der Waals surface area (Å²) >= 11 is 0. The molecule has 0 fully saturated rings. The van der Waals surface area contributed by atoms with Crippen molar-refractivity contribution in [3.8, 4) is 5.75 Å². The Kier molecular flexibility index (Phi) is 7.56. The standard InChI is InChI=1S/C20H26N2O5S/c1-15-5-7-16(8-6-15)14-22(2)20(23)17-9-10-18(27-4)19(13-17)28(24,25)21-11-12-26-3/h5-10,13,21H,11-12,14H2,1-4H3. The van der Waals surface area contributed by atoms with Gasteiger partial charge < -0.3 is 14.4 Å². The molecule has 7 nitrogen and oxygen atoms in total. The van der Waals surface area contributed by atoms with E-state index in [1.165, 1.54) is 26.4 Å². The van der Waals surface area contributed by atoms with Crippen molar-refractivity contribution in [3.05, 3.63) is 59.2 Å². The fraction of sp³-hybridized carbons (Fsp3) is 0.350. The van der Waals surface area contributed by atoms with Gasteiger partial charge in [0.2, 0.25) is 10.0 Å². The van der Waals surface area contributed by atoms with Crippen LogP contribution in [0.25, 0.3) is 0 Å². The highest BCUT2D eigenvalue weighted by Gasteiger charge is 2.22. The molecule has 0 bridgehead atoms. The molecular formula is C20H26N2O5S. The van der Waals surface area contributed by atoms with Gasteiger partial charge in [-0.1, -0.05) is 29.8 Å². The largest absolute Gasteiger partial charge is 0.495 e. The number of aryl methyl sites for hydroxylation is 1. The highest BCUT2D eigenvalue weighted by molar-refractivity contribution is 7.89. The molecule has 0 aromatic heterocycles. The Labute approximate surface area is 166 Å². The van der Waals surface area contributed by atoms with Crippen molar-refractivity contribution in [2.75, 3.05) is 34.4 Å². The number of rotatable bonds is 9. The molecule has 0 unspecified atom stereocenters. The zero-order chi connectivity index (χ0) is 20.7. The summed E-state index contributed by atoms with van der Waals surface area (Å²) < 4.78 is 37.6. The lowest BCUT2D eigenvalue weighted by Crippen LogP contribution is -2.29. The van der Waals surface area contributed by atoms with Gasteiger partial charge in [0.1, 0.15) is 10.6 Å². The van der Waals surface area contributed by atoms with Crippen LogP contribution >= 0.6 is 0 Å². The maximum absolute atomic E-state index is 12.8. The first kappa shape index (κ1) is 21.9. The van der Waals surface area contributed by atoms with Crippen molar-refractivity contribution in [1.29, 1.82) is 0 Å². The lowest BCUT2D eigenvalue weighted by Gasteiger charge is -2.19. The zero-order valence-corrected chi connectivity index (χ0v) is 17.4. The van der Waals surface area contributed by atoms with Crippen LogP contribution in [0.3, 0.4) is 0 Å². The van der Waals surface area contributed by atoms with Gasteiger partial charge in [0, 0.05) is 32.8 Å². The Hall–Kier alpha value is -2.42. The molecule has 2 rings (SSSR count). The van der Waals surface area contributed by atoms with E-state index in [1.807, 2.05) is 31.2 Å². The van der Waals surface area contributed by atoms with E-state index in [1.54, 1.807) is 18.0 Å². The molecule has 1 N–H and O–H groups in total. The molecular weight excluding hydrogens is 380 g/mol. The molecule has 152 valence electrons. The normalized spacial score (nSPS) is 11.3. The number of methoxy groups -OCH3 is 2. The summed E-state index contributed by atoms with van der Waals surface area (Å²) in [6, 6.07) is 12.3. The van der Waals surface area contributed by atoms with E-state index in [2.05, 4.69) is 4.72 Å². The number of nitrogens with one attached hydrogen (secondary N) is 1. The highest BCUT2D eigenvalue weighted by Crippen LogP contribution is 2.25. The summed E-state index contributed by atoms with van der Waals surface area (Å²) in [7, 11) is 0.699. The Morgan fingerprint density at radius 3 is 2.39 bits per heavy atom. The van der Waals surface area contributed by atoms with Crippen LogP contribution in [0.15, 0.2) is 47.4 Å². The van der Waals surface area contributed by atoms with Gasteiger partial charge >= 0.3 is 0 Å². The topological polar surface area (TPSA) is 84.9 Å². The van der Waals surface area contributed by atoms with Crippen molar-refractivity contribution in [1.82, 2.24) is 9.62 Å². The summed E-state index contributed by atoms with van der Waals surface area (Å²) in [5.41, 5.74) is 2.40. The number of amides is 1. The van der Waals surface area contributed by atoms with E-state index in [4.69, 9.17) is 9.47 Å². The predicted octanol–water partition coefficient (Wildman–Crippen LogP) is 2.20. The summed E-state index contributed by atoms with van der Waals surface area (Å²) in [5, 5.41) is 0. The molecule has 0 saturated carbocycles. The number of carbonyl (C=O) groups is 1. The van der Waals surface area contributed by atoms with Gasteiger partial charge in [-0.05, 0) is 30.7 Å². The second-order valence-corrected chi connectivity index (χ2v) is 8.14. The monoisotopic (exact) mass is 406 g/mol. The quantitative estimate of drug-likeness (QED) is 0.646. The van der Waals surface area contributed by atoms with Gasteiger partial charge in [0.05, 0.1) is 13.7 Å². The van der Waals surface area contributed by atoms with Crippen LogP contribution in [0, 0.1) is 6.92 Å². The number of ether oxygens (including phenoxy) is 2. The first-order valence-electron chi connectivity index (χ1n) is 8.76. The molecule has 0 radical (unpaired) electrons. The van der Waals surface area contributed by atoms with E-state index in [9.17, 15) is 13.2 Å². The number of nitrogens with zero attached hydrogens (tertiary/aromatic N) is 1. The van der Waals surface area contributed by atoms with Crippen molar-refractivity contribution in [3.63, 3.8) is 0 Å². The summed E-state index contributed by atoms with van der Waals surface area (Å²) in [6.45, 7) is 2.77. The Balaban J connectivity index is 2.25. The Bertz CT molecular complexity index is 911. The second-order valence-electron chi connectivity index (χ2n) is 6.40. The van der Waals surface area contributed by atoms with Crippen molar-refractivity contribution < 1.29 is 22.7 Å². The average molecular weight is 407 g/mol. The number of carbonyl (C=O) groups excluding carboxylic acids is 1. The van der Waals surface area contributed by atoms with E-state index < -0.39 is 10.0 Å². The molecule has 1 amide bonds. The predicted molar refractivity (Wildman–Crippen MR) is 107 cm³/mol. The number of sulfonamides is 1. The minimum atomic E-state index is -3.85. The van der Waals surface area contributed by atoms with Crippen LogP contribution in [-0.4, -0.2) is 53.6 Å². The van der Waals surface area contributed by atoms with E-state index in [0.29, 0.717) is 6.54 Å².